The molecule has 1 unspecified atom stereocenters. The van der Waals surface area contributed by atoms with Gasteiger partial charge in [0.1, 0.15) is 11.6 Å². The zero-order chi connectivity index (χ0) is 18.7. The lowest BCUT2D eigenvalue weighted by Gasteiger charge is -2.37. The van der Waals surface area contributed by atoms with Gasteiger partial charge in [0.2, 0.25) is 11.8 Å². The topological polar surface area (TPSA) is 79.3 Å². The van der Waals surface area contributed by atoms with E-state index in [1.807, 2.05) is 47.5 Å². The highest BCUT2D eigenvalue weighted by Gasteiger charge is 2.44. The summed E-state index contributed by atoms with van der Waals surface area (Å²) in [6.07, 6.45) is 5.50. The van der Waals surface area contributed by atoms with Crippen molar-refractivity contribution < 1.29 is 9.59 Å². The number of amides is 2. The first-order valence-corrected chi connectivity index (χ1v) is 9.54. The molecule has 2 saturated heterocycles. The van der Waals surface area contributed by atoms with E-state index in [1.54, 1.807) is 10.9 Å². The molecule has 0 aliphatic carbocycles. The number of aromatic nitrogens is 2. The van der Waals surface area contributed by atoms with Gasteiger partial charge in [-0.1, -0.05) is 30.3 Å². The first-order valence-electron chi connectivity index (χ1n) is 9.54. The molecular weight excluding hydrogens is 378 g/mol. The number of nitrogens with zero attached hydrogens (tertiary/aromatic N) is 3. The molecule has 0 radical (unpaired) electrons. The molecular formula is C20H26ClN5O2. The lowest BCUT2D eigenvalue weighted by Crippen LogP contribution is -2.57. The van der Waals surface area contributed by atoms with Crippen LogP contribution in [0.25, 0.3) is 0 Å². The lowest BCUT2D eigenvalue weighted by molar-refractivity contribution is -0.137. The summed E-state index contributed by atoms with van der Waals surface area (Å²) in [6, 6.07) is 11.3. The molecule has 2 fully saturated rings. The van der Waals surface area contributed by atoms with E-state index in [0.29, 0.717) is 32.4 Å². The van der Waals surface area contributed by atoms with Gasteiger partial charge in [-0.25, -0.2) is 0 Å². The number of hydrogen-bond donors (Lipinski definition) is 2. The van der Waals surface area contributed by atoms with Gasteiger partial charge in [-0.15, -0.1) is 12.4 Å². The molecule has 0 bridgehead atoms. The van der Waals surface area contributed by atoms with Crippen LogP contribution in [0.4, 0.5) is 0 Å². The fraction of sp³-hybridized carbons (Fsp3) is 0.450. The number of likely N-dealkylation sites (tertiary alicyclic amines) is 1. The second kappa shape index (κ2) is 8.75. The Morgan fingerprint density at radius 2 is 1.96 bits per heavy atom. The molecule has 1 aromatic heterocycles. The van der Waals surface area contributed by atoms with Gasteiger partial charge in [-0.05, 0) is 44.0 Å². The summed E-state index contributed by atoms with van der Waals surface area (Å²) in [5, 5.41) is 10.7. The zero-order valence-corrected chi connectivity index (χ0v) is 16.5. The van der Waals surface area contributed by atoms with Crippen LogP contribution in [0.1, 0.15) is 24.8 Å². The second-order valence-electron chi connectivity index (χ2n) is 7.29. The standard InChI is InChI=1S/C20H25N5O2.ClH/c26-18-17(7-14-24(18)15-16-5-2-1-3-6-16)23-19(27)20(8-11-21-12-9-20)25-13-4-10-22-25;/h1-6,10,13,17,21H,7-9,11-12,14-15H2,(H,23,27);1H. The molecule has 7 nitrogen and oxygen atoms in total. The van der Waals surface area contributed by atoms with Gasteiger partial charge in [0.05, 0.1) is 0 Å². The Labute approximate surface area is 170 Å². The van der Waals surface area contributed by atoms with Crippen molar-refractivity contribution in [2.24, 2.45) is 0 Å². The van der Waals surface area contributed by atoms with E-state index in [4.69, 9.17) is 0 Å². The largest absolute Gasteiger partial charge is 0.342 e. The van der Waals surface area contributed by atoms with Gasteiger partial charge in [-0.2, -0.15) is 5.10 Å². The Morgan fingerprint density at radius 3 is 2.64 bits per heavy atom. The predicted molar refractivity (Wildman–Crippen MR) is 108 cm³/mol. The van der Waals surface area contributed by atoms with Gasteiger partial charge in [0.15, 0.2) is 0 Å². The number of benzene rings is 1. The summed E-state index contributed by atoms with van der Waals surface area (Å²) in [5.74, 6) is -0.107. The second-order valence-corrected chi connectivity index (χ2v) is 7.29. The number of halogens is 1. The van der Waals surface area contributed by atoms with Crippen LogP contribution in [0.15, 0.2) is 48.8 Å². The predicted octanol–water partition coefficient (Wildman–Crippen LogP) is 1.30. The van der Waals surface area contributed by atoms with Crippen molar-refractivity contribution in [2.45, 2.75) is 37.4 Å². The van der Waals surface area contributed by atoms with Crippen LogP contribution in [0.3, 0.4) is 0 Å². The number of carbonyl (C=O) groups excluding carboxylic acids is 2. The Bertz CT molecular complexity index is 790. The van der Waals surface area contributed by atoms with E-state index in [9.17, 15) is 9.59 Å². The quantitative estimate of drug-likeness (QED) is 0.788. The van der Waals surface area contributed by atoms with Crippen molar-refractivity contribution in [3.8, 4) is 0 Å². The van der Waals surface area contributed by atoms with Crippen LogP contribution in [0.2, 0.25) is 0 Å². The maximum atomic E-state index is 13.2. The Kier molecular flexibility index (Phi) is 6.36. The zero-order valence-electron chi connectivity index (χ0n) is 15.7. The van der Waals surface area contributed by atoms with Crippen molar-refractivity contribution in [1.29, 1.82) is 0 Å². The van der Waals surface area contributed by atoms with Crippen LogP contribution >= 0.6 is 12.4 Å². The minimum Gasteiger partial charge on any atom is -0.342 e. The van der Waals surface area contributed by atoms with E-state index in [0.717, 1.165) is 18.7 Å². The van der Waals surface area contributed by atoms with Crippen LogP contribution in [-0.2, 0) is 21.7 Å². The molecule has 1 aromatic carbocycles. The molecule has 2 amide bonds. The summed E-state index contributed by atoms with van der Waals surface area (Å²) >= 11 is 0. The minimum atomic E-state index is -0.720. The number of hydrogen-bond acceptors (Lipinski definition) is 4. The molecule has 28 heavy (non-hydrogen) atoms. The number of rotatable bonds is 5. The SMILES string of the molecule is Cl.O=C1C(NC(=O)C2(n3cccn3)CCNCC2)CCN1Cc1ccccc1. The molecule has 2 aliphatic heterocycles. The van der Waals surface area contributed by atoms with E-state index in [1.165, 1.54) is 0 Å². The maximum absolute atomic E-state index is 13.2. The van der Waals surface area contributed by atoms with E-state index < -0.39 is 11.6 Å². The molecule has 150 valence electrons. The highest BCUT2D eigenvalue weighted by molar-refractivity contribution is 5.92. The van der Waals surface area contributed by atoms with Crippen molar-refractivity contribution in [1.82, 2.24) is 25.3 Å². The third kappa shape index (κ3) is 3.91. The van der Waals surface area contributed by atoms with Crippen LogP contribution in [-0.4, -0.2) is 52.2 Å². The average Bonchev–Trinajstić information content (AvgIpc) is 3.36. The smallest absolute Gasteiger partial charge is 0.248 e. The first-order chi connectivity index (χ1) is 13.2. The van der Waals surface area contributed by atoms with E-state index in [-0.39, 0.29) is 24.2 Å². The lowest BCUT2D eigenvalue weighted by atomic mass is 9.87. The molecule has 8 heteroatoms. The summed E-state index contributed by atoms with van der Waals surface area (Å²) in [6.45, 7) is 2.76. The summed E-state index contributed by atoms with van der Waals surface area (Å²) in [4.78, 5) is 27.8. The van der Waals surface area contributed by atoms with Crippen molar-refractivity contribution in [2.75, 3.05) is 19.6 Å². The summed E-state index contributed by atoms with van der Waals surface area (Å²) < 4.78 is 1.75. The van der Waals surface area contributed by atoms with E-state index in [2.05, 4.69) is 15.7 Å². The molecule has 0 saturated carbocycles. The number of nitrogens with one attached hydrogen (secondary N) is 2. The highest BCUT2D eigenvalue weighted by atomic mass is 35.5. The monoisotopic (exact) mass is 403 g/mol. The number of carbonyl (C=O) groups is 2. The first kappa shape index (κ1) is 20.4. The molecule has 2 N–H and O–H groups in total. The normalized spacial score (nSPS) is 21.2. The van der Waals surface area contributed by atoms with Crippen molar-refractivity contribution in [3.05, 3.63) is 54.4 Å². The fourth-order valence-corrected chi connectivity index (χ4v) is 4.05. The summed E-state index contributed by atoms with van der Waals surface area (Å²) in [7, 11) is 0. The van der Waals surface area contributed by atoms with Crippen molar-refractivity contribution in [3.63, 3.8) is 0 Å². The van der Waals surface area contributed by atoms with E-state index >= 15 is 0 Å². The fourth-order valence-electron chi connectivity index (χ4n) is 4.05. The van der Waals surface area contributed by atoms with Gasteiger partial charge >= 0.3 is 0 Å². The molecule has 1 atom stereocenters. The highest BCUT2D eigenvalue weighted by Crippen LogP contribution is 2.28. The Hall–Kier alpha value is -2.38. The number of piperidine rings is 1. The molecule has 4 rings (SSSR count). The van der Waals surface area contributed by atoms with Crippen LogP contribution in [0.5, 0.6) is 0 Å². The third-order valence-electron chi connectivity index (χ3n) is 5.62. The Morgan fingerprint density at radius 1 is 1.21 bits per heavy atom. The molecule has 2 aliphatic rings. The molecule has 0 spiro atoms. The molecule has 2 aromatic rings. The maximum Gasteiger partial charge on any atom is 0.248 e. The molecule has 3 heterocycles. The van der Waals surface area contributed by atoms with Crippen molar-refractivity contribution >= 4 is 24.2 Å². The van der Waals surface area contributed by atoms with Crippen LogP contribution in [0, 0.1) is 0 Å². The average molecular weight is 404 g/mol. The van der Waals surface area contributed by atoms with Gasteiger partial charge in [0, 0.05) is 25.5 Å². The third-order valence-corrected chi connectivity index (χ3v) is 5.62. The Balaban J connectivity index is 0.00000225. The van der Waals surface area contributed by atoms with Gasteiger partial charge in [0.25, 0.3) is 0 Å². The minimum absolute atomic E-state index is 0. The van der Waals surface area contributed by atoms with Crippen LogP contribution < -0.4 is 10.6 Å². The van der Waals surface area contributed by atoms with Gasteiger partial charge < -0.3 is 15.5 Å². The van der Waals surface area contributed by atoms with Gasteiger partial charge in [-0.3, -0.25) is 14.3 Å². The summed E-state index contributed by atoms with van der Waals surface area (Å²) in [5.41, 5.74) is 0.381.